The van der Waals surface area contributed by atoms with Crippen molar-refractivity contribution in [3.05, 3.63) is 40.5 Å². The zero-order valence-electron chi connectivity index (χ0n) is 10.8. The highest BCUT2D eigenvalue weighted by molar-refractivity contribution is 7.98. The van der Waals surface area contributed by atoms with Crippen molar-refractivity contribution in [2.75, 3.05) is 0 Å². The van der Waals surface area contributed by atoms with Gasteiger partial charge < -0.3 is 9.63 Å². The quantitative estimate of drug-likeness (QED) is 0.820. The second-order valence-electron chi connectivity index (χ2n) is 4.09. The molecule has 1 aromatic carbocycles. The van der Waals surface area contributed by atoms with Crippen LogP contribution in [-0.4, -0.2) is 21.2 Å². The molecule has 0 unspecified atom stereocenters. The Balaban J connectivity index is 2.03. The number of hydrogen-bond donors (Lipinski definition) is 1. The minimum absolute atomic E-state index is 0.0915. The highest BCUT2D eigenvalue weighted by Gasteiger charge is 2.11. The first kappa shape index (κ1) is 14.9. The average Bonchev–Trinajstić information content (AvgIpc) is 2.86. The highest BCUT2D eigenvalue weighted by atomic mass is 35.5. The van der Waals surface area contributed by atoms with E-state index in [1.807, 2.05) is 6.92 Å². The standard InChI is InChI=1S/C13H13ClN2O3S/c1-2-3-11-15-12(19-16-11)7-20-8-4-5-10(14)9(6-8)13(17)18/h4-6H,2-3,7H2,1H3,(H,17,18). The van der Waals surface area contributed by atoms with Crippen molar-refractivity contribution in [1.82, 2.24) is 10.1 Å². The molecule has 2 rings (SSSR count). The fourth-order valence-corrected chi connectivity index (χ4v) is 2.55. The fraction of sp³-hybridized carbons (Fsp3) is 0.308. The van der Waals surface area contributed by atoms with Gasteiger partial charge in [0, 0.05) is 11.3 Å². The number of halogens is 1. The Kier molecular flexibility index (Phi) is 5.03. The van der Waals surface area contributed by atoms with Crippen LogP contribution in [0.2, 0.25) is 5.02 Å². The zero-order valence-corrected chi connectivity index (χ0v) is 12.4. The second-order valence-corrected chi connectivity index (χ2v) is 5.55. The van der Waals surface area contributed by atoms with E-state index in [0.29, 0.717) is 17.5 Å². The summed E-state index contributed by atoms with van der Waals surface area (Å²) in [6.45, 7) is 2.05. The van der Waals surface area contributed by atoms with Gasteiger partial charge in [0.2, 0.25) is 5.89 Å². The van der Waals surface area contributed by atoms with E-state index in [1.165, 1.54) is 11.8 Å². The van der Waals surface area contributed by atoms with Crippen LogP contribution in [0.15, 0.2) is 27.6 Å². The molecule has 106 valence electrons. The van der Waals surface area contributed by atoms with Gasteiger partial charge >= 0.3 is 5.97 Å². The van der Waals surface area contributed by atoms with Crippen molar-refractivity contribution in [3.63, 3.8) is 0 Å². The summed E-state index contributed by atoms with van der Waals surface area (Å²) >= 11 is 7.24. The van der Waals surface area contributed by atoms with Crippen LogP contribution in [0.1, 0.15) is 35.4 Å². The molecule has 0 bridgehead atoms. The maximum Gasteiger partial charge on any atom is 0.337 e. The first-order chi connectivity index (χ1) is 9.60. The van der Waals surface area contributed by atoms with Gasteiger partial charge in [0.25, 0.3) is 0 Å². The number of aromatic carboxylic acids is 1. The van der Waals surface area contributed by atoms with Crippen molar-refractivity contribution in [2.45, 2.75) is 30.4 Å². The molecule has 2 aromatic rings. The number of nitrogens with zero attached hydrogens (tertiary/aromatic N) is 2. The lowest BCUT2D eigenvalue weighted by Gasteiger charge is -2.02. The molecule has 0 aliphatic rings. The summed E-state index contributed by atoms with van der Waals surface area (Å²) in [6.07, 6.45) is 1.75. The highest BCUT2D eigenvalue weighted by Crippen LogP contribution is 2.26. The van der Waals surface area contributed by atoms with Crippen molar-refractivity contribution >= 4 is 29.3 Å². The molecule has 0 saturated heterocycles. The third-order valence-electron chi connectivity index (χ3n) is 2.51. The lowest BCUT2D eigenvalue weighted by Crippen LogP contribution is -1.97. The number of aryl methyl sites for hydroxylation is 1. The monoisotopic (exact) mass is 312 g/mol. The molecule has 0 atom stereocenters. The van der Waals surface area contributed by atoms with Crippen LogP contribution in [0.25, 0.3) is 0 Å². The Morgan fingerprint density at radius 1 is 1.50 bits per heavy atom. The molecule has 5 nitrogen and oxygen atoms in total. The van der Waals surface area contributed by atoms with E-state index in [9.17, 15) is 4.79 Å². The molecule has 0 aliphatic carbocycles. The first-order valence-electron chi connectivity index (χ1n) is 6.07. The second kappa shape index (κ2) is 6.76. The topological polar surface area (TPSA) is 76.2 Å². The number of thioether (sulfide) groups is 1. The molecule has 0 radical (unpaired) electrons. The Morgan fingerprint density at radius 3 is 3.00 bits per heavy atom. The zero-order chi connectivity index (χ0) is 14.5. The molecule has 0 saturated carbocycles. The van der Waals surface area contributed by atoms with E-state index in [1.54, 1.807) is 18.2 Å². The Labute approximate surface area is 125 Å². The predicted molar refractivity (Wildman–Crippen MR) is 76.3 cm³/mol. The van der Waals surface area contributed by atoms with Crippen molar-refractivity contribution in [3.8, 4) is 0 Å². The Hall–Kier alpha value is -1.53. The van der Waals surface area contributed by atoms with E-state index in [4.69, 9.17) is 21.2 Å². The van der Waals surface area contributed by atoms with Gasteiger partial charge in [0.1, 0.15) is 0 Å². The maximum absolute atomic E-state index is 11.0. The van der Waals surface area contributed by atoms with Gasteiger partial charge in [-0.3, -0.25) is 0 Å². The molecule has 1 heterocycles. The number of carboxylic acids is 1. The molecule has 7 heteroatoms. The molecular formula is C13H13ClN2O3S. The molecule has 0 aliphatic heterocycles. The largest absolute Gasteiger partial charge is 0.478 e. The van der Waals surface area contributed by atoms with Gasteiger partial charge in [0.15, 0.2) is 5.82 Å². The summed E-state index contributed by atoms with van der Waals surface area (Å²) in [7, 11) is 0. The lowest BCUT2D eigenvalue weighted by atomic mass is 10.2. The summed E-state index contributed by atoms with van der Waals surface area (Å²) < 4.78 is 5.12. The number of aromatic nitrogens is 2. The summed E-state index contributed by atoms with van der Waals surface area (Å²) in [5.74, 6) is 0.688. The van der Waals surface area contributed by atoms with Gasteiger partial charge in [-0.25, -0.2) is 4.79 Å². The van der Waals surface area contributed by atoms with E-state index in [2.05, 4.69) is 10.1 Å². The maximum atomic E-state index is 11.0. The average molecular weight is 313 g/mol. The molecule has 1 N–H and O–H groups in total. The number of benzene rings is 1. The molecular weight excluding hydrogens is 300 g/mol. The smallest absolute Gasteiger partial charge is 0.337 e. The summed E-state index contributed by atoms with van der Waals surface area (Å²) in [5, 5.41) is 13.1. The number of carbonyl (C=O) groups is 1. The molecule has 0 fully saturated rings. The van der Waals surface area contributed by atoms with E-state index in [-0.39, 0.29) is 10.6 Å². The van der Waals surface area contributed by atoms with Crippen LogP contribution in [0, 0.1) is 0 Å². The molecule has 0 spiro atoms. The van der Waals surface area contributed by atoms with Gasteiger partial charge in [-0.05, 0) is 24.6 Å². The van der Waals surface area contributed by atoms with Gasteiger partial charge in [-0.2, -0.15) is 4.98 Å². The van der Waals surface area contributed by atoms with Crippen molar-refractivity contribution in [2.24, 2.45) is 0 Å². The van der Waals surface area contributed by atoms with Gasteiger partial charge in [-0.15, -0.1) is 11.8 Å². The normalized spacial score (nSPS) is 10.7. The SMILES string of the molecule is CCCc1noc(CSc2ccc(Cl)c(C(=O)O)c2)n1. The van der Waals surface area contributed by atoms with Crippen LogP contribution < -0.4 is 0 Å². The summed E-state index contributed by atoms with van der Waals surface area (Å²) in [4.78, 5) is 16.0. The lowest BCUT2D eigenvalue weighted by molar-refractivity contribution is 0.0697. The molecule has 1 aromatic heterocycles. The third kappa shape index (κ3) is 3.74. The predicted octanol–water partition coefficient (Wildman–Crippen LogP) is 3.67. The van der Waals surface area contributed by atoms with Crippen LogP contribution in [0.4, 0.5) is 0 Å². The van der Waals surface area contributed by atoms with Crippen LogP contribution in [-0.2, 0) is 12.2 Å². The van der Waals surface area contributed by atoms with Gasteiger partial charge in [0.05, 0.1) is 16.3 Å². The number of rotatable bonds is 6. The minimum Gasteiger partial charge on any atom is -0.478 e. The van der Waals surface area contributed by atoms with Crippen LogP contribution in [0.5, 0.6) is 0 Å². The Morgan fingerprint density at radius 2 is 2.30 bits per heavy atom. The minimum atomic E-state index is -1.04. The van der Waals surface area contributed by atoms with Crippen LogP contribution >= 0.6 is 23.4 Å². The number of carboxylic acid groups (broad SMARTS) is 1. The Bertz CT molecular complexity index is 615. The fourth-order valence-electron chi connectivity index (χ4n) is 1.58. The molecule has 20 heavy (non-hydrogen) atoms. The van der Waals surface area contributed by atoms with Crippen LogP contribution in [0.3, 0.4) is 0 Å². The van der Waals surface area contributed by atoms with E-state index in [0.717, 1.165) is 17.7 Å². The summed E-state index contributed by atoms with van der Waals surface area (Å²) in [6, 6.07) is 4.88. The van der Waals surface area contributed by atoms with Crippen molar-refractivity contribution in [1.29, 1.82) is 0 Å². The van der Waals surface area contributed by atoms with Crippen molar-refractivity contribution < 1.29 is 14.4 Å². The van der Waals surface area contributed by atoms with Gasteiger partial charge in [-0.1, -0.05) is 23.7 Å². The first-order valence-corrected chi connectivity index (χ1v) is 7.43. The third-order valence-corrected chi connectivity index (χ3v) is 3.82. The number of hydrogen-bond acceptors (Lipinski definition) is 5. The molecule has 0 amide bonds. The van der Waals surface area contributed by atoms with E-state index >= 15 is 0 Å². The van der Waals surface area contributed by atoms with E-state index < -0.39 is 5.97 Å². The summed E-state index contributed by atoms with van der Waals surface area (Å²) in [5.41, 5.74) is 0.0915.